The molecule has 0 amide bonds. The zero-order valence-corrected chi connectivity index (χ0v) is 25.4. The maximum absolute atomic E-state index is 12.2. The molecule has 5 rings (SSSR count). The van der Waals surface area contributed by atoms with E-state index in [2.05, 4.69) is 30.8 Å². The third-order valence-corrected chi connectivity index (χ3v) is 8.27. The number of hydrazone groups is 2. The Kier molecular flexibility index (Phi) is 7.42. The van der Waals surface area contributed by atoms with Gasteiger partial charge >= 0.3 is 0 Å². The van der Waals surface area contributed by atoms with Gasteiger partial charge < -0.3 is 5.41 Å². The third-order valence-electron chi connectivity index (χ3n) is 6.52. The van der Waals surface area contributed by atoms with Gasteiger partial charge in [-0.05, 0) is 25.1 Å². The van der Waals surface area contributed by atoms with Gasteiger partial charge in [-0.1, -0.05) is 32.9 Å². The van der Waals surface area contributed by atoms with Crippen LogP contribution in [0.4, 0.5) is 17.1 Å². The molecule has 0 bridgehead atoms. The molecule has 45 heavy (non-hydrogen) atoms. The van der Waals surface area contributed by atoms with Crippen LogP contribution in [-0.2, 0) is 25.7 Å². The number of nitro benzene ring substituents is 1. The molecule has 0 spiro atoms. The van der Waals surface area contributed by atoms with Gasteiger partial charge in [0.1, 0.15) is 10.6 Å². The normalized spacial score (nSPS) is 15.1. The summed E-state index contributed by atoms with van der Waals surface area (Å²) in [5, 5.41) is 38.0. The molecule has 4 N–H and O–H groups in total. The van der Waals surface area contributed by atoms with E-state index in [9.17, 15) is 41.5 Å². The van der Waals surface area contributed by atoms with Crippen LogP contribution in [0.2, 0.25) is 0 Å². The second-order valence-corrected chi connectivity index (χ2v) is 13.5. The molecule has 2 aromatic carbocycles. The quantitative estimate of drug-likeness (QED) is 0.0968. The van der Waals surface area contributed by atoms with Crippen LogP contribution < -0.4 is 10.4 Å². The van der Waals surface area contributed by atoms with Crippen molar-refractivity contribution in [1.82, 2.24) is 19.8 Å². The number of hydrogen-bond acceptors (Lipinski definition) is 11. The zero-order valence-electron chi connectivity index (χ0n) is 23.8. The Bertz CT molecular complexity index is 2240. The summed E-state index contributed by atoms with van der Waals surface area (Å²) in [6, 6.07) is 8.00. The van der Waals surface area contributed by atoms with Crippen molar-refractivity contribution in [2.45, 2.75) is 42.9 Å². The van der Waals surface area contributed by atoms with E-state index in [0.717, 1.165) is 23.2 Å². The average Bonchev–Trinajstić information content (AvgIpc) is 3.61. The van der Waals surface area contributed by atoms with Crippen molar-refractivity contribution in [3.8, 4) is 11.4 Å². The molecule has 1 aliphatic rings. The number of rotatable bonds is 7. The lowest BCUT2D eigenvalue weighted by atomic mass is 9.91. The minimum atomic E-state index is -4.97. The SMILES string of the molecule is CC1=NN(c2cc(S(=O)(=O)O)ccc2S(=O)(=O)O)C(=NNc2c(C(C)(C)C)[nH]n3nc(-c4cccc([N+](=O)[O-])c4)nc23)C1=C=[N-]. The fourth-order valence-electron chi connectivity index (χ4n) is 4.42. The summed E-state index contributed by atoms with van der Waals surface area (Å²) in [5.41, 5.74) is 2.88. The largest absolute Gasteiger partial charge is 0.763 e. The molecule has 0 atom stereocenters. The predicted molar refractivity (Wildman–Crippen MR) is 163 cm³/mol. The van der Waals surface area contributed by atoms with Gasteiger partial charge in [-0.25, -0.2) is 9.99 Å². The second kappa shape index (κ2) is 10.7. The number of nitrogens with one attached hydrogen (secondary N) is 2. The molecule has 0 saturated carbocycles. The molecule has 0 fully saturated rings. The van der Waals surface area contributed by atoms with Crippen LogP contribution >= 0.6 is 0 Å². The van der Waals surface area contributed by atoms with E-state index in [-0.39, 0.29) is 40.0 Å². The third kappa shape index (κ3) is 5.82. The molecule has 18 nitrogen and oxygen atoms in total. The van der Waals surface area contributed by atoms with Crippen molar-refractivity contribution in [3.05, 3.63) is 69.3 Å². The molecule has 0 saturated heterocycles. The second-order valence-electron chi connectivity index (χ2n) is 10.7. The Balaban J connectivity index is 1.67. The van der Waals surface area contributed by atoms with Crippen LogP contribution in [0.1, 0.15) is 33.4 Å². The van der Waals surface area contributed by atoms with Crippen LogP contribution in [0, 0.1) is 10.1 Å². The van der Waals surface area contributed by atoms with Crippen molar-refractivity contribution < 1.29 is 30.9 Å². The van der Waals surface area contributed by atoms with E-state index >= 15 is 0 Å². The number of hydrogen-bond donors (Lipinski definition) is 4. The number of benzene rings is 2. The first-order chi connectivity index (χ1) is 20.9. The van der Waals surface area contributed by atoms with Crippen molar-refractivity contribution >= 4 is 60.4 Å². The Morgan fingerprint density at radius 3 is 2.42 bits per heavy atom. The maximum Gasteiger partial charge on any atom is 0.296 e. The standard InChI is InChI=1S/C25H23N10O8S2/c1-13-17(12-26)23(33(30-13)18-11-16(44(38,39)40)8-9-19(18)45(41,42)43)29-28-20-21(25(2,3)4)31-34-24(20)27-22(32-34)14-6-5-7-15(10-14)35(36)37/h5-11,28,31H,1-4H3,(H,38,39,40)(H,41,42,43)/q-1. The van der Waals surface area contributed by atoms with Crippen LogP contribution in [0.25, 0.3) is 22.4 Å². The molecule has 0 aliphatic carbocycles. The zero-order chi connectivity index (χ0) is 33.1. The van der Waals surface area contributed by atoms with Crippen molar-refractivity contribution in [2.24, 2.45) is 10.2 Å². The lowest BCUT2D eigenvalue weighted by Gasteiger charge is -2.20. The van der Waals surface area contributed by atoms with Crippen molar-refractivity contribution in [1.29, 1.82) is 0 Å². The Hall–Kier alpha value is -5.27. The molecule has 4 aromatic rings. The Morgan fingerprint density at radius 1 is 1.11 bits per heavy atom. The number of aromatic amines is 1. The molecule has 0 radical (unpaired) electrons. The fourth-order valence-corrected chi connectivity index (χ4v) is 5.57. The molecule has 20 heteroatoms. The van der Waals surface area contributed by atoms with Gasteiger partial charge in [-0.3, -0.25) is 35.6 Å². The first-order valence-corrected chi connectivity index (χ1v) is 15.6. The summed E-state index contributed by atoms with van der Waals surface area (Å²) in [7, 11) is -9.79. The lowest BCUT2D eigenvalue weighted by molar-refractivity contribution is -0.384. The topological polar surface area (TPSA) is 260 Å². The van der Waals surface area contributed by atoms with Gasteiger partial charge in [0.05, 0.1) is 32.5 Å². The summed E-state index contributed by atoms with van der Waals surface area (Å²) in [6.07, 6.45) is 0. The van der Waals surface area contributed by atoms with Gasteiger partial charge in [-0.2, -0.15) is 31.7 Å². The molecule has 234 valence electrons. The van der Waals surface area contributed by atoms with E-state index in [1.54, 1.807) is 6.07 Å². The van der Waals surface area contributed by atoms with E-state index in [1.165, 1.54) is 29.8 Å². The van der Waals surface area contributed by atoms with Crippen LogP contribution in [0.3, 0.4) is 0 Å². The van der Waals surface area contributed by atoms with Crippen LogP contribution in [0.5, 0.6) is 0 Å². The number of nitro groups is 1. The van der Waals surface area contributed by atoms with E-state index in [4.69, 9.17) is 0 Å². The predicted octanol–water partition coefficient (Wildman–Crippen LogP) is 3.21. The summed E-state index contributed by atoms with van der Waals surface area (Å²) >= 11 is 0. The Morgan fingerprint density at radius 2 is 1.82 bits per heavy atom. The first-order valence-electron chi connectivity index (χ1n) is 12.7. The summed E-state index contributed by atoms with van der Waals surface area (Å²) in [4.78, 5) is 13.8. The summed E-state index contributed by atoms with van der Waals surface area (Å²) in [5.74, 6) is 1.77. The monoisotopic (exact) mass is 655 g/mol. The molecular formula is C25H23N10O8S2-. The van der Waals surface area contributed by atoms with E-state index in [1.807, 2.05) is 26.6 Å². The van der Waals surface area contributed by atoms with Crippen molar-refractivity contribution in [3.63, 3.8) is 0 Å². The van der Waals surface area contributed by atoms with E-state index < -0.39 is 46.1 Å². The number of anilines is 2. The first kappa shape index (κ1) is 31.2. The van der Waals surface area contributed by atoms with Gasteiger partial charge in [0.2, 0.25) is 5.65 Å². The van der Waals surface area contributed by atoms with Gasteiger partial charge in [0.15, 0.2) is 11.7 Å². The number of aromatic nitrogens is 4. The minimum Gasteiger partial charge on any atom is -0.763 e. The number of fused-ring (bicyclic) bond motifs is 1. The number of nitrogens with zero attached hydrogens (tertiary/aromatic N) is 8. The number of H-pyrrole nitrogens is 1. The van der Waals surface area contributed by atoms with Gasteiger partial charge in [0.25, 0.3) is 25.9 Å². The molecule has 0 unspecified atom stereocenters. The van der Waals surface area contributed by atoms with E-state index in [0.29, 0.717) is 11.3 Å². The highest BCUT2D eigenvalue weighted by Crippen LogP contribution is 2.35. The lowest BCUT2D eigenvalue weighted by Crippen LogP contribution is -2.26. The van der Waals surface area contributed by atoms with Crippen LogP contribution in [-0.4, -0.2) is 68.1 Å². The minimum absolute atomic E-state index is 0.0716. The highest BCUT2D eigenvalue weighted by Gasteiger charge is 2.33. The average molecular weight is 656 g/mol. The molecular weight excluding hydrogens is 632 g/mol. The molecule has 2 aromatic heterocycles. The highest BCUT2D eigenvalue weighted by atomic mass is 32.2. The molecule has 1 aliphatic heterocycles. The fraction of sp³-hybridized carbons (Fsp3) is 0.200. The van der Waals surface area contributed by atoms with Crippen LogP contribution in [0.15, 0.2) is 68.0 Å². The number of non-ortho nitro benzene ring substituents is 1. The number of amidine groups is 1. The summed E-state index contributed by atoms with van der Waals surface area (Å²) in [6.45, 7) is 7.05. The highest BCUT2D eigenvalue weighted by molar-refractivity contribution is 7.86. The Labute approximate surface area is 254 Å². The summed E-state index contributed by atoms with van der Waals surface area (Å²) < 4.78 is 68.9. The maximum atomic E-state index is 12.2. The molecule has 3 heterocycles. The van der Waals surface area contributed by atoms with Gasteiger partial charge in [-0.15, -0.1) is 5.10 Å². The van der Waals surface area contributed by atoms with Crippen molar-refractivity contribution in [2.75, 3.05) is 10.4 Å². The smallest absolute Gasteiger partial charge is 0.296 e. The van der Waals surface area contributed by atoms with Gasteiger partial charge in [0, 0.05) is 23.1 Å².